The van der Waals surface area contributed by atoms with Crippen LogP contribution in [0.5, 0.6) is 0 Å². The topological polar surface area (TPSA) is 54.5 Å². The molecule has 1 aromatic heterocycles. The first-order chi connectivity index (χ1) is 12.3. The van der Waals surface area contributed by atoms with Crippen LogP contribution >= 0.6 is 0 Å². The summed E-state index contributed by atoms with van der Waals surface area (Å²) in [6.07, 6.45) is 5.65. The first kappa shape index (κ1) is 17.4. The number of benzene rings is 1. The zero-order chi connectivity index (χ0) is 17.5. The second-order valence-corrected chi connectivity index (χ2v) is 6.28. The molecule has 2 heterocycles. The van der Waals surface area contributed by atoms with E-state index in [-0.39, 0.29) is 12.0 Å². The number of hydrogen-bond acceptors (Lipinski definition) is 4. The number of hydrogen-bond donors (Lipinski definition) is 1. The van der Waals surface area contributed by atoms with Gasteiger partial charge < -0.3 is 15.0 Å². The van der Waals surface area contributed by atoms with E-state index in [9.17, 15) is 4.79 Å². The van der Waals surface area contributed by atoms with Crippen molar-refractivity contribution in [1.82, 2.24) is 10.3 Å². The predicted molar refractivity (Wildman–Crippen MR) is 98.7 cm³/mol. The Labute approximate surface area is 149 Å². The first-order valence-corrected chi connectivity index (χ1v) is 8.90. The lowest BCUT2D eigenvalue weighted by atomic mass is 10.2. The molecular weight excluding hydrogens is 314 g/mol. The van der Waals surface area contributed by atoms with E-state index in [0.29, 0.717) is 12.1 Å². The first-order valence-electron chi connectivity index (χ1n) is 8.90. The van der Waals surface area contributed by atoms with Crippen molar-refractivity contribution in [3.63, 3.8) is 0 Å². The smallest absolute Gasteiger partial charge is 0.253 e. The fraction of sp³-hybridized carbons (Fsp3) is 0.400. The number of carbonyl (C=O) groups excluding carboxylic acids is 1. The van der Waals surface area contributed by atoms with E-state index in [2.05, 4.69) is 34.3 Å². The summed E-state index contributed by atoms with van der Waals surface area (Å²) in [6.45, 7) is 5.10. The Bertz CT molecular complexity index is 684. The summed E-state index contributed by atoms with van der Waals surface area (Å²) in [7, 11) is 0. The van der Waals surface area contributed by atoms with Gasteiger partial charge in [-0.15, -0.1) is 0 Å². The van der Waals surface area contributed by atoms with Crippen molar-refractivity contribution < 1.29 is 9.53 Å². The SMILES string of the molecule is CCN(Cc1ccccc1)c1cncc(C(=O)NCC2CCCO2)c1. The summed E-state index contributed by atoms with van der Waals surface area (Å²) in [4.78, 5) is 18.9. The largest absolute Gasteiger partial charge is 0.376 e. The quantitative estimate of drug-likeness (QED) is 0.842. The van der Waals surface area contributed by atoms with Crippen LogP contribution in [0.3, 0.4) is 0 Å². The Morgan fingerprint density at radius 1 is 1.32 bits per heavy atom. The van der Waals surface area contributed by atoms with Gasteiger partial charge in [-0.05, 0) is 31.4 Å². The summed E-state index contributed by atoms with van der Waals surface area (Å²) >= 11 is 0. The second kappa shape index (κ2) is 8.62. The van der Waals surface area contributed by atoms with Crippen LogP contribution < -0.4 is 10.2 Å². The van der Waals surface area contributed by atoms with E-state index in [0.717, 1.165) is 38.2 Å². The van der Waals surface area contributed by atoms with Crippen LogP contribution in [0.15, 0.2) is 48.8 Å². The fourth-order valence-electron chi connectivity index (χ4n) is 3.03. The summed E-state index contributed by atoms with van der Waals surface area (Å²) in [5.41, 5.74) is 2.77. The third-order valence-corrected chi connectivity index (χ3v) is 4.46. The van der Waals surface area contributed by atoms with Crippen LogP contribution in [0, 0.1) is 0 Å². The fourth-order valence-corrected chi connectivity index (χ4v) is 3.03. The van der Waals surface area contributed by atoms with Crippen LogP contribution in [0.1, 0.15) is 35.7 Å². The minimum Gasteiger partial charge on any atom is -0.376 e. The maximum absolute atomic E-state index is 12.4. The van der Waals surface area contributed by atoms with Crippen LogP contribution in [0.25, 0.3) is 0 Å². The molecular formula is C20H25N3O2. The summed E-state index contributed by atoms with van der Waals surface area (Å²) in [5, 5.41) is 2.95. The molecule has 0 spiro atoms. The van der Waals surface area contributed by atoms with Crippen LogP contribution in [-0.4, -0.2) is 36.7 Å². The number of pyridine rings is 1. The molecule has 0 saturated carbocycles. The number of nitrogens with zero attached hydrogens (tertiary/aromatic N) is 2. The lowest BCUT2D eigenvalue weighted by Gasteiger charge is -2.23. The maximum Gasteiger partial charge on any atom is 0.253 e. The molecule has 0 bridgehead atoms. The average molecular weight is 339 g/mol. The van der Waals surface area contributed by atoms with Gasteiger partial charge in [0.2, 0.25) is 0 Å². The number of carbonyl (C=O) groups is 1. The molecule has 1 unspecified atom stereocenters. The Hall–Kier alpha value is -2.40. The van der Waals surface area contributed by atoms with Crippen molar-refractivity contribution >= 4 is 11.6 Å². The van der Waals surface area contributed by atoms with E-state index in [1.165, 1.54) is 5.56 Å². The van der Waals surface area contributed by atoms with Gasteiger partial charge in [0.15, 0.2) is 0 Å². The third-order valence-electron chi connectivity index (χ3n) is 4.46. The molecule has 2 aromatic rings. The number of anilines is 1. The van der Waals surface area contributed by atoms with Gasteiger partial charge in [0.25, 0.3) is 5.91 Å². The van der Waals surface area contributed by atoms with Crippen LogP contribution in [0.4, 0.5) is 5.69 Å². The number of nitrogens with one attached hydrogen (secondary N) is 1. The summed E-state index contributed by atoms with van der Waals surface area (Å²) < 4.78 is 5.55. The number of amides is 1. The molecule has 1 saturated heterocycles. The van der Waals surface area contributed by atoms with Gasteiger partial charge >= 0.3 is 0 Å². The van der Waals surface area contributed by atoms with Gasteiger partial charge in [-0.1, -0.05) is 30.3 Å². The molecule has 1 N–H and O–H groups in total. The number of ether oxygens (including phenoxy) is 1. The van der Waals surface area contributed by atoms with E-state index < -0.39 is 0 Å². The molecule has 1 amide bonds. The summed E-state index contributed by atoms with van der Waals surface area (Å²) in [6, 6.07) is 12.2. The molecule has 1 fully saturated rings. The van der Waals surface area contributed by atoms with Gasteiger partial charge in [0.05, 0.1) is 23.6 Å². The minimum absolute atomic E-state index is 0.0967. The minimum atomic E-state index is -0.0967. The molecule has 5 heteroatoms. The van der Waals surface area contributed by atoms with Gasteiger partial charge in [-0.25, -0.2) is 0 Å². The molecule has 3 rings (SSSR count). The van der Waals surface area contributed by atoms with Crippen molar-refractivity contribution in [1.29, 1.82) is 0 Å². The monoisotopic (exact) mass is 339 g/mol. The van der Waals surface area contributed by atoms with Crippen molar-refractivity contribution in [3.8, 4) is 0 Å². The van der Waals surface area contributed by atoms with Gasteiger partial charge in [-0.3, -0.25) is 9.78 Å². The second-order valence-electron chi connectivity index (χ2n) is 6.28. The highest BCUT2D eigenvalue weighted by atomic mass is 16.5. The summed E-state index contributed by atoms with van der Waals surface area (Å²) in [5.74, 6) is -0.0967. The lowest BCUT2D eigenvalue weighted by molar-refractivity contribution is 0.0857. The Kier molecular flexibility index (Phi) is 6.01. The van der Waals surface area contributed by atoms with Crippen LogP contribution in [0.2, 0.25) is 0 Å². The highest BCUT2D eigenvalue weighted by Gasteiger charge is 2.17. The van der Waals surface area contributed by atoms with Crippen molar-refractivity contribution in [2.45, 2.75) is 32.4 Å². The van der Waals surface area contributed by atoms with E-state index in [1.807, 2.05) is 30.5 Å². The highest BCUT2D eigenvalue weighted by Crippen LogP contribution is 2.18. The van der Waals surface area contributed by atoms with Gasteiger partial charge in [-0.2, -0.15) is 0 Å². The molecule has 1 aliphatic rings. The van der Waals surface area contributed by atoms with Gasteiger partial charge in [0, 0.05) is 32.4 Å². The molecule has 25 heavy (non-hydrogen) atoms. The Balaban J connectivity index is 1.65. The van der Waals surface area contributed by atoms with E-state index >= 15 is 0 Å². The normalized spacial score (nSPS) is 16.6. The molecule has 132 valence electrons. The molecule has 1 aromatic carbocycles. The van der Waals surface area contributed by atoms with E-state index in [4.69, 9.17) is 4.74 Å². The number of rotatable bonds is 7. The molecule has 5 nitrogen and oxygen atoms in total. The molecule has 0 aliphatic carbocycles. The molecule has 1 aliphatic heterocycles. The average Bonchev–Trinajstić information content (AvgIpc) is 3.19. The zero-order valence-corrected chi connectivity index (χ0v) is 14.6. The zero-order valence-electron chi connectivity index (χ0n) is 14.6. The van der Waals surface area contributed by atoms with Gasteiger partial charge in [0.1, 0.15) is 0 Å². The maximum atomic E-state index is 12.4. The Morgan fingerprint density at radius 3 is 2.88 bits per heavy atom. The van der Waals surface area contributed by atoms with Crippen LogP contribution in [-0.2, 0) is 11.3 Å². The predicted octanol–water partition coefficient (Wildman–Crippen LogP) is 3.02. The highest BCUT2D eigenvalue weighted by molar-refractivity contribution is 5.94. The van der Waals surface area contributed by atoms with Crippen molar-refractivity contribution in [2.75, 3.05) is 24.6 Å². The molecule has 0 radical (unpaired) electrons. The molecule has 1 atom stereocenters. The number of aromatic nitrogens is 1. The van der Waals surface area contributed by atoms with Crippen molar-refractivity contribution in [2.24, 2.45) is 0 Å². The standard InChI is InChI=1S/C20H25N3O2/c1-2-23(15-16-7-4-3-5-8-16)18-11-17(12-21-13-18)20(24)22-14-19-9-6-10-25-19/h3-5,7-8,11-13,19H,2,6,9-10,14-15H2,1H3,(H,22,24). The lowest BCUT2D eigenvalue weighted by Crippen LogP contribution is -2.32. The third kappa shape index (κ3) is 4.79. The Morgan fingerprint density at radius 2 is 2.16 bits per heavy atom. The van der Waals surface area contributed by atoms with Crippen molar-refractivity contribution in [3.05, 3.63) is 59.9 Å². The van der Waals surface area contributed by atoms with E-state index in [1.54, 1.807) is 6.20 Å².